The fourth-order valence-corrected chi connectivity index (χ4v) is 2.15. The first kappa shape index (κ1) is 14.6. The number of carboxylic acids is 1. The molecule has 1 aromatic heterocycles. The number of pyridine rings is 1. The molecule has 1 aromatic carbocycles. The summed E-state index contributed by atoms with van der Waals surface area (Å²) in [7, 11) is 0. The van der Waals surface area contributed by atoms with E-state index in [1.807, 2.05) is 6.07 Å². The summed E-state index contributed by atoms with van der Waals surface area (Å²) in [6, 6.07) is 6.93. The number of hydrogen-bond acceptors (Lipinski definition) is 3. The normalized spacial score (nSPS) is 10.7. The molecule has 0 aliphatic rings. The van der Waals surface area contributed by atoms with E-state index in [1.54, 1.807) is 18.2 Å². The van der Waals surface area contributed by atoms with Crippen LogP contribution in [0.4, 0.5) is 0 Å². The molecule has 0 saturated heterocycles. The topological polar surface area (TPSA) is 59.4 Å². The Labute approximate surface area is 128 Å². The van der Waals surface area contributed by atoms with Crippen molar-refractivity contribution < 1.29 is 14.6 Å². The third-order valence-corrected chi connectivity index (χ3v) is 3.06. The van der Waals surface area contributed by atoms with Crippen LogP contribution in [0.1, 0.15) is 5.56 Å². The smallest absolute Gasteiger partial charge is 0.328 e. The highest BCUT2D eigenvalue weighted by atomic mass is 79.9. The Hall–Kier alpha value is -1.85. The van der Waals surface area contributed by atoms with E-state index in [2.05, 4.69) is 20.9 Å². The maximum atomic E-state index is 10.5. The minimum Gasteiger partial charge on any atom is -0.478 e. The lowest BCUT2D eigenvalue weighted by atomic mass is 10.2. The molecule has 0 unspecified atom stereocenters. The van der Waals surface area contributed by atoms with Crippen molar-refractivity contribution in [1.29, 1.82) is 0 Å². The number of rotatable bonds is 4. The fraction of sp³-hybridized carbons (Fsp3) is 0. The third-order valence-electron chi connectivity index (χ3n) is 2.27. The summed E-state index contributed by atoms with van der Waals surface area (Å²) >= 11 is 9.37. The number of ether oxygens (including phenoxy) is 1. The lowest BCUT2D eigenvalue weighted by molar-refractivity contribution is -0.131. The molecule has 1 N–H and O–H groups in total. The Bertz CT molecular complexity index is 673. The van der Waals surface area contributed by atoms with E-state index in [0.717, 1.165) is 10.5 Å². The Kier molecular flexibility index (Phi) is 4.76. The molecule has 0 aliphatic carbocycles. The lowest BCUT2D eigenvalue weighted by Crippen LogP contribution is -1.89. The maximum Gasteiger partial charge on any atom is 0.328 e. The number of carbonyl (C=O) groups is 1. The van der Waals surface area contributed by atoms with E-state index < -0.39 is 5.97 Å². The summed E-state index contributed by atoms with van der Waals surface area (Å²) in [6.45, 7) is 0. The first-order valence-corrected chi connectivity index (χ1v) is 6.70. The molecule has 0 radical (unpaired) electrons. The zero-order chi connectivity index (χ0) is 14.5. The highest BCUT2D eigenvalue weighted by molar-refractivity contribution is 9.10. The van der Waals surface area contributed by atoms with E-state index in [-0.39, 0.29) is 0 Å². The molecule has 0 spiro atoms. The van der Waals surface area contributed by atoms with Crippen molar-refractivity contribution in [1.82, 2.24) is 4.98 Å². The third kappa shape index (κ3) is 4.08. The summed E-state index contributed by atoms with van der Waals surface area (Å²) in [6.07, 6.45) is 5.53. The first-order chi connectivity index (χ1) is 9.54. The van der Waals surface area contributed by atoms with Gasteiger partial charge in [0.05, 0.1) is 11.2 Å². The molecule has 6 heteroatoms. The molecule has 0 saturated carbocycles. The number of halogens is 2. The number of aromatic nitrogens is 1. The highest BCUT2D eigenvalue weighted by Crippen LogP contribution is 2.31. The Morgan fingerprint density at radius 1 is 1.35 bits per heavy atom. The average molecular weight is 355 g/mol. The van der Waals surface area contributed by atoms with Gasteiger partial charge in [0.15, 0.2) is 0 Å². The number of hydrogen-bond donors (Lipinski definition) is 1. The molecule has 2 aromatic rings. The van der Waals surface area contributed by atoms with E-state index in [1.165, 1.54) is 18.5 Å². The lowest BCUT2D eigenvalue weighted by Gasteiger charge is -2.07. The van der Waals surface area contributed by atoms with Crippen molar-refractivity contribution in [2.24, 2.45) is 0 Å². The van der Waals surface area contributed by atoms with Crippen LogP contribution in [-0.2, 0) is 4.79 Å². The van der Waals surface area contributed by atoms with E-state index in [0.29, 0.717) is 22.1 Å². The van der Waals surface area contributed by atoms with E-state index in [9.17, 15) is 4.79 Å². The number of nitrogens with zero attached hydrogens (tertiary/aromatic N) is 1. The van der Waals surface area contributed by atoms with Gasteiger partial charge in [0, 0.05) is 16.7 Å². The second kappa shape index (κ2) is 6.54. The molecule has 2 rings (SSSR count). The van der Waals surface area contributed by atoms with Crippen LogP contribution in [0.5, 0.6) is 11.5 Å². The van der Waals surface area contributed by atoms with Crippen LogP contribution in [0.2, 0.25) is 5.02 Å². The van der Waals surface area contributed by atoms with Gasteiger partial charge in [-0.15, -0.1) is 0 Å². The molecule has 20 heavy (non-hydrogen) atoms. The number of aliphatic carboxylic acids is 1. The predicted molar refractivity (Wildman–Crippen MR) is 80.1 cm³/mol. The van der Waals surface area contributed by atoms with Crippen molar-refractivity contribution in [3.05, 3.63) is 57.8 Å². The van der Waals surface area contributed by atoms with Crippen LogP contribution in [0, 0.1) is 0 Å². The minimum atomic E-state index is -1.02. The first-order valence-electron chi connectivity index (χ1n) is 5.53. The van der Waals surface area contributed by atoms with Crippen molar-refractivity contribution in [3.63, 3.8) is 0 Å². The predicted octanol–water partition coefficient (Wildman–Crippen LogP) is 4.39. The maximum absolute atomic E-state index is 10.5. The van der Waals surface area contributed by atoms with Crippen LogP contribution in [0.15, 0.2) is 47.2 Å². The monoisotopic (exact) mass is 353 g/mol. The van der Waals surface area contributed by atoms with Gasteiger partial charge in [-0.3, -0.25) is 4.98 Å². The van der Waals surface area contributed by atoms with Crippen LogP contribution < -0.4 is 4.74 Å². The molecule has 0 atom stereocenters. The molecule has 4 nitrogen and oxygen atoms in total. The quantitative estimate of drug-likeness (QED) is 0.827. The summed E-state index contributed by atoms with van der Waals surface area (Å²) in [5, 5.41) is 9.05. The SMILES string of the molecule is O=C(O)/C=C/c1cncc(Oc2ccc(Br)cc2Cl)c1. The van der Waals surface area contributed by atoms with Crippen LogP contribution in [0.25, 0.3) is 6.08 Å². The van der Waals surface area contributed by atoms with Gasteiger partial charge >= 0.3 is 5.97 Å². The van der Waals surface area contributed by atoms with E-state index in [4.69, 9.17) is 21.4 Å². The molecule has 102 valence electrons. The van der Waals surface area contributed by atoms with E-state index >= 15 is 0 Å². The summed E-state index contributed by atoms with van der Waals surface area (Å²) in [5.41, 5.74) is 0.623. The summed E-state index contributed by atoms with van der Waals surface area (Å²) in [5.74, 6) is -0.0509. The van der Waals surface area contributed by atoms with Crippen molar-refractivity contribution >= 4 is 39.6 Å². The largest absolute Gasteiger partial charge is 0.478 e. The Morgan fingerprint density at radius 2 is 2.15 bits per heavy atom. The second-order valence-electron chi connectivity index (χ2n) is 3.80. The van der Waals surface area contributed by atoms with Crippen LogP contribution in [-0.4, -0.2) is 16.1 Å². The van der Waals surface area contributed by atoms with Gasteiger partial charge in [0.1, 0.15) is 11.5 Å². The summed E-state index contributed by atoms with van der Waals surface area (Å²) < 4.78 is 6.47. The van der Waals surface area contributed by atoms with Gasteiger partial charge in [-0.1, -0.05) is 27.5 Å². The van der Waals surface area contributed by atoms with Gasteiger partial charge in [0.2, 0.25) is 0 Å². The van der Waals surface area contributed by atoms with Gasteiger partial charge in [-0.25, -0.2) is 4.79 Å². The molecule has 0 amide bonds. The van der Waals surface area contributed by atoms with Gasteiger partial charge < -0.3 is 9.84 Å². The van der Waals surface area contributed by atoms with Crippen molar-refractivity contribution in [2.75, 3.05) is 0 Å². The zero-order valence-electron chi connectivity index (χ0n) is 10.1. The molecule has 0 fully saturated rings. The Balaban J connectivity index is 2.21. The van der Waals surface area contributed by atoms with Gasteiger partial charge in [0.25, 0.3) is 0 Å². The molecule has 1 heterocycles. The van der Waals surface area contributed by atoms with Gasteiger partial charge in [-0.2, -0.15) is 0 Å². The molecular weight excluding hydrogens is 346 g/mol. The number of carboxylic acid groups (broad SMARTS) is 1. The number of benzene rings is 1. The molecular formula is C14H9BrClNO3. The standard InChI is InChI=1S/C14H9BrClNO3/c15-10-2-3-13(12(16)6-10)20-11-5-9(7-17-8-11)1-4-14(18)19/h1-8H,(H,18,19)/b4-1+. The Morgan fingerprint density at radius 3 is 2.85 bits per heavy atom. The summed E-state index contributed by atoms with van der Waals surface area (Å²) in [4.78, 5) is 14.4. The zero-order valence-corrected chi connectivity index (χ0v) is 12.4. The molecule has 0 bridgehead atoms. The highest BCUT2D eigenvalue weighted by Gasteiger charge is 2.04. The molecule has 0 aliphatic heterocycles. The van der Waals surface area contributed by atoms with Crippen LogP contribution in [0.3, 0.4) is 0 Å². The van der Waals surface area contributed by atoms with Gasteiger partial charge in [-0.05, 0) is 35.9 Å². The minimum absolute atomic E-state index is 0.464. The average Bonchev–Trinajstić information content (AvgIpc) is 2.40. The fourth-order valence-electron chi connectivity index (χ4n) is 1.44. The second-order valence-corrected chi connectivity index (χ2v) is 5.13. The van der Waals surface area contributed by atoms with Crippen molar-refractivity contribution in [3.8, 4) is 11.5 Å². The van der Waals surface area contributed by atoms with Crippen molar-refractivity contribution in [2.45, 2.75) is 0 Å². The van der Waals surface area contributed by atoms with Crippen LogP contribution >= 0.6 is 27.5 Å².